The van der Waals surface area contributed by atoms with Crippen molar-refractivity contribution in [3.05, 3.63) is 71.8 Å². The lowest BCUT2D eigenvalue weighted by molar-refractivity contribution is -0.377. The summed E-state index contributed by atoms with van der Waals surface area (Å²) >= 11 is 0. The van der Waals surface area contributed by atoms with E-state index in [1.807, 2.05) is 36.4 Å². The van der Waals surface area contributed by atoms with E-state index in [9.17, 15) is 45.0 Å². The summed E-state index contributed by atoms with van der Waals surface area (Å²) in [5, 5.41) is 70.6. The maximum absolute atomic E-state index is 12.6. The van der Waals surface area contributed by atoms with Crippen molar-refractivity contribution >= 4 is 17.8 Å². The summed E-state index contributed by atoms with van der Waals surface area (Å²) in [5.41, 5.74) is -0.299. The van der Waals surface area contributed by atoms with Crippen molar-refractivity contribution in [1.29, 1.82) is 0 Å². The Labute approximate surface area is 366 Å². The second-order valence-corrected chi connectivity index (χ2v) is 18.0. The Morgan fingerprint density at radius 3 is 1.60 bits per heavy atom. The Morgan fingerprint density at radius 2 is 1.06 bits per heavy atom. The number of esters is 2. The number of hydrogen-bond donors (Lipinski definition) is 7. The first kappa shape index (κ1) is 50.3. The number of carbonyl (C=O) groups excluding carboxylic acids is 3. The predicted octanol–water partition coefficient (Wildman–Crippen LogP) is 0.214. The number of benzene rings is 2. The predicted molar refractivity (Wildman–Crippen MR) is 218 cm³/mol. The smallest absolute Gasteiger partial charge is 0.311 e. The lowest BCUT2D eigenvalue weighted by Gasteiger charge is -2.49. The van der Waals surface area contributed by atoms with Crippen LogP contribution in [-0.2, 0) is 70.2 Å². The molecule has 2 aromatic carbocycles. The molecule has 352 valence electrons. The van der Waals surface area contributed by atoms with Crippen LogP contribution in [0, 0.1) is 10.8 Å². The third-order valence-electron chi connectivity index (χ3n) is 10.6. The van der Waals surface area contributed by atoms with Crippen LogP contribution in [0.4, 0.5) is 0 Å². The molecule has 0 saturated carbocycles. The van der Waals surface area contributed by atoms with Gasteiger partial charge in [0.1, 0.15) is 86.4 Å². The Hall–Kier alpha value is -3.67. The van der Waals surface area contributed by atoms with Gasteiger partial charge in [0.15, 0.2) is 18.9 Å². The zero-order valence-corrected chi connectivity index (χ0v) is 36.6. The zero-order chi connectivity index (χ0) is 46.2. The van der Waals surface area contributed by atoms with Gasteiger partial charge in [-0.15, -0.1) is 0 Å². The highest BCUT2D eigenvalue weighted by atomic mass is 16.8. The summed E-state index contributed by atoms with van der Waals surface area (Å²) in [6.07, 6.45) is -22.9. The molecular weight excluding hydrogens is 830 g/mol. The van der Waals surface area contributed by atoms with Crippen LogP contribution < -0.4 is 5.32 Å². The van der Waals surface area contributed by atoms with E-state index in [0.717, 1.165) is 18.1 Å². The highest BCUT2D eigenvalue weighted by molar-refractivity contribution is 5.75. The molecule has 63 heavy (non-hydrogen) atoms. The number of aliphatic hydroxyl groups is 6. The maximum Gasteiger partial charge on any atom is 0.311 e. The van der Waals surface area contributed by atoms with Crippen LogP contribution in [0.2, 0.25) is 0 Å². The Bertz CT molecular complexity index is 1760. The minimum Gasteiger partial charge on any atom is -0.462 e. The van der Waals surface area contributed by atoms with Crippen LogP contribution in [-0.4, -0.2) is 160 Å². The third kappa shape index (κ3) is 13.4. The average Bonchev–Trinajstić information content (AvgIpc) is 3.23. The molecule has 0 spiro atoms. The first-order chi connectivity index (χ1) is 29.6. The van der Waals surface area contributed by atoms with Crippen LogP contribution >= 0.6 is 0 Å². The third-order valence-corrected chi connectivity index (χ3v) is 10.6. The molecule has 3 aliphatic rings. The van der Waals surface area contributed by atoms with E-state index in [1.165, 1.54) is 0 Å². The molecule has 0 unspecified atom stereocenters. The van der Waals surface area contributed by atoms with Crippen molar-refractivity contribution in [3.63, 3.8) is 0 Å². The van der Waals surface area contributed by atoms with Crippen molar-refractivity contribution in [2.45, 2.75) is 154 Å². The number of aliphatic hydroxyl groups excluding tert-OH is 6. The normalized spacial score (nSPS) is 33.9. The Balaban J connectivity index is 1.49. The standard InChI is InChI=1S/C44H63NO18/c1-23(46)45-29-36(31(48)27(59-38(29)52)22-58-42(54)44(5,6)7)62-40-34(51)37(63-39-33(50)32(49)30(47)26(60-39)21-57-41(53)43(2,3)4)35(56-19-25-16-12-9-13-17-25)28(61-40)20-55-18-24-14-10-8-11-15-24/h8-17,26-40,47-52H,18-22H2,1-7H3,(H,45,46)/t26-,27-,28-,29-,30+,31+,32+,33-,34-,35-,36-,37-,38-,39+,40+/m1/s1. The SMILES string of the molecule is CC(=O)N[C@@H]1[C@@H](O[C@@H]2O[C@H](COCc3ccccc3)[C@@H](OCc3ccccc3)[C@H](O[C@@H]3O[C@H](COC(=O)C(C)(C)C)[C@H](O)[C@H](O)[C@H]3O)[C@H]2O)[C@@H](O)[C@@H](COC(=O)C(C)(C)C)O[C@H]1O. The minimum absolute atomic E-state index is 0.0482. The Morgan fingerprint density at radius 1 is 0.571 bits per heavy atom. The van der Waals surface area contributed by atoms with Gasteiger partial charge >= 0.3 is 11.9 Å². The van der Waals surface area contributed by atoms with Gasteiger partial charge in [-0.05, 0) is 52.7 Å². The average molecular weight is 894 g/mol. The topological polar surface area (TPSA) is 268 Å². The van der Waals surface area contributed by atoms with E-state index >= 15 is 0 Å². The van der Waals surface area contributed by atoms with Gasteiger partial charge in [0.25, 0.3) is 0 Å². The number of hydrogen-bond acceptors (Lipinski definition) is 18. The molecule has 3 heterocycles. The molecule has 3 saturated heterocycles. The number of ether oxygens (including phenoxy) is 9. The Kier molecular flexibility index (Phi) is 17.6. The quantitative estimate of drug-likeness (QED) is 0.111. The molecular formula is C44H63NO18. The molecule has 19 heteroatoms. The lowest BCUT2D eigenvalue weighted by atomic mass is 9.94. The second kappa shape index (κ2) is 22.0. The van der Waals surface area contributed by atoms with Crippen molar-refractivity contribution in [2.24, 2.45) is 10.8 Å². The first-order valence-corrected chi connectivity index (χ1v) is 20.9. The molecule has 0 radical (unpaired) electrons. The van der Waals surface area contributed by atoms with E-state index in [-0.39, 0.29) is 19.8 Å². The molecule has 0 bridgehead atoms. The van der Waals surface area contributed by atoms with Gasteiger partial charge in [-0.3, -0.25) is 14.4 Å². The largest absolute Gasteiger partial charge is 0.462 e. The van der Waals surface area contributed by atoms with Crippen molar-refractivity contribution < 1.29 is 87.7 Å². The summed E-state index contributed by atoms with van der Waals surface area (Å²) in [7, 11) is 0. The summed E-state index contributed by atoms with van der Waals surface area (Å²) in [6, 6.07) is 16.8. The molecule has 3 fully saturated rings. The first-order valence-electron chi connectivity index (χ1n) is 20.9. The van der Waals surface area contributed by atoms with E-state index in [0.29, 0.717) is 0 Å². The van der Waals surface area contributed by atoms with Crippen molar-refractivity contribution in [3.8, 4) is 0 Å². The van der Waals surface area contributed by atoms with Gasteiger partial charge in [-0.25, -0.2) is 0 Å². The molecule has 1 amide bonds. The number of nitrogens with one attached hydrogen (secondary N) is 1. The maximum atomic E-state index is 12.6. The van der Waals surface area contributed by atoms with Crippen molar-refractivity contribution in [1.82, 2.24) is 5.32 Å². The molecule has 0 aromatic heterocycles. The minimum atomic E-state index is -1.92. The van der Waals surface area contributed by atoms with Gasteiger partial charge in [0.2, 0.25) is 5.91 Å². The van der Waals surface area contributed by atoms with Gasteiger partial charge < -0.3 is 78.6 Å². The molecule has 5 rings (SSSR count). The van der Waals surface area contributed by atoms with E-state index < -0.39 is 134 Å². The highest BCUT2D eigenvalue weighted by Gasteiger charge is 2.55. The number of rotatable bonds is 16. The molecule has 7 N–H and O–H groups in total. The van der Waals surface area contributed by atoms with Crippen molar-refractivity contribution in [2.75, 3.05) is 19.8 Å². The van der Waals surface area contributed by atoms with Gasteiger partial charge in [-0.1, -0.05) is 60.7 Å². The van der Waals surface area contributed by atoms with Crippen LogP contribution in [0.25, 0.3) is 0 Å². The van der Waals surface area contributed by atoms with Crippen LogP contribution in [0.5, 0.6) is 0 Å². The molecule has 3 aliphatic heterocycles. The summed E-state index contributed by atoms with van der Waals surface area (Å²) in [4.78, 5) is 37.6. The van der Waals surface area contributed by atoms with Crippen LogP contribution in [0.3, 0.4) is 0 Å². The fraction of sp³-hybridized carbons (Fsp3) is 0.659. The second-order valence-electron chi connectivity index (χ2n) is 18.0. The summed E-state index contributed by atoms with van der Waals surface area (Å²) in [6.45, 7) is 9.69. The monoisotopic (exact) mass is 893 g/mol. The molecule has 0 aliphatic carbocycles. The molecule has 19 nitrogen and oxygen atoms in total. The number of amides is 1. The summed E-state index contributed by atoms with van der Waals surface area (Å²) < 4.78 is 53.8. The summed E-state index contributed by atoms with van der Waals surface area (Å²) in [5.74, 6) is -1.89. The highest BCUT2D eigenvalue weighted by Crippen LogP contribution is 2.35. The molecule has 2 aromatic rings. The van der Waals surface area contributed by atoms with E-state index in [1.54, 1.807) is 65.8 Å². The van der Waals surface area contributed by atoms with E-state index in [2.05, 4.69) is 5.32 Å². The zero-order valence-electron chi connectivity index (χ0n) is 36.6. The van der Waals surface area contributed by atoms with Gasteiger partial charge in [-0.2, -0.15) is 0 Å². The van der Waals surface area contributed by atoms with Gasteiger partial charge in [0.05, 0.1) is 30.7 Å². The van der Waals surface area contributed by atoms with E-state index in [4.69, 9.17) is 42.6 Å². The lowest BCUT2D eigenvalue weighted by Crippen LogP contribution is -2.69. The fourth-order valence-corrected chi connectivity index (χ4v) is 6.98. The number of carbonyl (C=O) groups is 3. The van der Waals surface area contributed by atoms with Crippen LogP contribution in [0.1, 0.15) is 59.6 Å². The fourth-order valence-electron chi connectivity index (χ4n) is 6.98. The van der Waals surface area contributed by atoms with Crippen LogP contribution in [0.15, 0.2) is 60.7 Å². The molecule has 15 atom stereocenters. The van der Waals surface area contributed by atoms with Gasteiger partial charge in [0, 0.05) is 6.92 Å².